The molecule has 20 heavy (non-hydrogen) atoms. The van der Waals surface area contributed by atoms with Crippen molar-refractivity contribution in [1.29, 1.82) is 0 Å². The number of nitrogens with zero attached hydrogens (tertiary/aromatic N) is 4. The van der Waals surface area contributed by atoms with Crippen LogP contribution in [0.15, 0.2) is 18.5 Å². The molecule has 1 aliphatic rings. The van der Waals surface area contributed by atoms with Gasteiger partial charge in [-0.1, -0.05) is 0 Å². The van der Waals surface area contributed by atoms with Gasteiger partial charge in [-0.25, -0.2) is 9.50 Å². The van der Waals surface area contributed by atoms with Gasteiger partial charge in [0.2, 0.25) is 0 Å². The molecule has 0 bridgehead atoms. The molecule has 0 aromatic carbocycles. The Balaban J connectivity index is 1.73. The number of hydrogen-bond acceptors (Lipinski definition) is 5. The summed E-state index contributed by atoms with van der Waals surface area (Å²) >= 11 is 0. The molecule has 2 aromatic rings. The van der Waals surface area contributed by atoms with E-state index in [0.29, 0.717) is 6.61 Å². The fraction of sp³-hybridized carbons (Fsp3) is 0.571. The summed E-state index contributed by atoms with van der Waals surface area (Å²) in [6, 6.07) is 2.07. The number of aliphatic hydroxyl groups excluding tert-OH is 1. The van der Waals surface area contributed by atoms with Gasteiger partial charge in [-0.15, -0.1) is 0 Å². The Morgan fingerprint density at radius 2 is 2.20 bits per heavy atom. The molecule has 2 aromatic heterocycles. The number of rotatable bonds is 4. The summed E-state index contributed by atoms with van der Waals surface area (Å²) in [7, 11) is 0. The molecule has 3 rings (SSSR count). The molecule has 3 heterocycles. The molecule has 1 fully saturated rings. The van der Waals surface area contributed by atoms with Gasteiger partial charge in [-0.2, -0.15) is 5.10 Å². The first-order valence-corrected chi connectivity index (χ1v) is 7.06. The molecule has 0 atom stereocenters. The van der Waals surface area contributed by atoms with E-state index in [1.807, 2.05) is 17.6 Å². The SMILES string of the molecule is Cc1cc2c(N3CCC(OCCO)CC3)nccn2n1. The molecule has 1 saturated heterocycles. The molecule has 108 valence electrons. The summed E-state index contributed by atoms with van der Waals surface area (Å²) in [4.78, 5) is 6.80. The van der Waals surface area contributed by atoms with Gasteiger partial charge >= 0.3 is 0 Å². The highest BCUT2D eigenvalue weighted by molar-refractivity contribution is 5.69. The highest BCUT2D eigenvalue weighted by Crippen LogP contribution is 2.24. The monoisotopic (exact) mass is 276 g/mol. The summed E-state index contributed by atoms with van der Waals surface area (Å²) in [6.07, 6.45) is 5.86. The van der Waals surface area contributed by atoms with Crippen LogP contribution in [0.1, 0.15) is 18.5 Å². The van der Waals surface area contributed by atoms with Crippen LogP contribution in [-0.2, 0) is 4.74 Å². The van der Waals surface area contributed by atoms with Crippen molar-refractivity contribution >= 4 is 11.3 Å². The zero-order chi connectivity index (χ0) is 13.9. The number of piperidine rings is 1. The van der Waals surface area contributed by atoms with E-state index in [0.717, 1.165) is 43.0 Å². The zero-order valence-electron chi connectivity index (χ0n) is 11.7. The van der Waals surface area contributed by atoms with Crippen LogP contribution in [0.4, 0.5) is 5.82 Å². The van der Waals surface area contributed by atoms with Gasteiger partial charge in [0.05, 0.1) is 25.0 Å². The molecule has 6 heteroatoms. The number of ether oxygens (including phenoxy) is 1. The summed E-state index contributed by atoms with van der Waals surface area (Å²) in [6.45, 7) is 4.36. The van der Waals surface area contributed by atoms with Crippen LogP contribution in [0.2, 0.25) is 0 Å². The Morgan fingerprint density at radius 3 is 2.95 bits per heavy atom. The Labute approximate surface area is 118 Å². The molecule has 0 saturated carbocycles. The fourth-order valence-electron chi connectivity index (χ4n) is 2.73. The van der Waals surface area contributed by atoms with Crippen LogP contribution in [0.3, 0.4) is 0 Å². The van der Waals surface area contributed by atoms with Gasteiger partial charge in [0.15, 0.2) is 5.82 Å². The van der Waals surface area contributed by atoms with Crippen molar-refractivity contribution in [3.8, 4) is 0 Å². The Hall–Kier alpha value is -1.66. The summed E-state index contributed by atoms with van der Waals surface area (Å²) in [5.41, 5.74) is 2.06. The van der Waals surface area contributed by atoms with Gasteiger partial charge < -0.3 is 14.7 Å². The van der Waals surface area contributed by atoms with E-state index in [2.05, 4.69) is 21.0 Å². The number of aromatic nitrogens is 3. The lowest BCUT2D eigenvalue weighted by atomic mass is 10.1. The van der Waals surface area contributed by atoms with E-state index in [-0.39, 0.29) is 12.7 Å². The molecule has 1 N–H and O–H groups in total. The third-order valence-electron chi connectivity index (χ3n) is 3.68. The Kier molecular flexibility index (Phi) is 3.84. The summed E-state index contributed by atoms with van der Waals surface area (Å²) in [5.74, 6) is 0.994. The molecule has 0 unspecified atom stereocenters. The first-order chi connectivity index (χ1) is 9.78. The third-order valence-corrected chi connectivity index (χ3v) is 3.68. The van der Waals surface area contributed by atoms with E-state index in [9.17, 15) is 0 Å². The van der Waals surface area contributed by atoms with Crippen molar-refractivity contribution in [3.63, 3.8) is 0 Å². The number of aliphatic hydroxyl groups is 1. The lowest BCUT2D eigenvalue weighted by Gasteiger charge is -2.32. The molecule has 0 radical (unpaired) electrons. The van der Waals surface area contributed by atoms with Gasteiger partial charge in [-0.05, 0) is 25.8 Å². The van der Waals surface area contributed by atoms with E-state index in [1.165, 1.54) is 0 Å². The minimum atomic E-state index is 0.0934. The van der Waals surface area contributed by atoms with Gasteiger partial charge in [0, 0.05) is 25.5 Å². The van der Waals surface area contributed by atoms with Gasteiger partial charge in [-0.3, -0.25) is 0 Å². The number of hydrogen-bond donors (Lipinski definition) is 1. The van der Waals surface area contributed by atoms with E-state index >= 15 is 0 Å². The topological polar surface area (TPSA) is 62.9 Å². The second kappa shape index (κ2) is 5.76. The van der Waals surface area contributed by atoms with E-state index in [1.54, 1.807) is 6.20 Å². The van der Waals surface area contributed by atoms with Crippen LogP contribution in [0.25, 0.3) is 5.52 Å². The van der Waals surface area contributed by atoms with Crippen molar-refractivity contribution in [2.75, 3.05) is 31.2 Å². The van der Waals surface area contributed by atoms with Crippen molar-refractivity contribution in [3.05, 3.63) is 24.2 Å². The summed E-state index contributed by atoms with van der Waals surface area (Å²) in [5, 5.41) is 13.2. The lowest BCUT2D eigenvalue weighted by Crippen LogP contribution is -2.38. The van der Waals surface area contributed by atoms with E-state index in [4.69, 9.17) is 9.84 Å². The zero-order valence-corrected chi connectivity index (χ0v) is 11.7. The fourth-order valence-corrected chi connectivity index (χ4v) is 2.73. The first-order valence-electron chi connectivity index (χ1n) is 7.06. The average Bonchev–Trinajstić information content (AvgIpc) is 2.85. The summed E-state index contributed by atoms with van der Waals surface area (Å²) < 4.78 is 7.47. The predicted octanol–water partition coefficient (Wildman–Crippen LogP) is 1.02. The van der Waals surface area contributed by atoms with Crippen LogP contribution in [0, 0.1) is 6.92 Å². The maximum atomic E-state index is 8.79. The molecule has 0 amide bonds. The van der Waals surface area contributed by atoms with Crippen LogP contribution in [-0.4, -0.2) is 52.1 Å². The maximum absolute atomic E-state index is 8.79. The highest BCUT2D eigenvalue weighted by Gasteiger charge is 2.22. The third kappa shape index (κ3) is 2.62. The molecule has 1 aliphatic heterocycles. The van der Waals surface area contributed by atoms with Crippen LogP contribution >= 0.6 is 0 Å². The predicted molar refractivity (Wildman–Crippen MR) is 76.0 cm³/mol. The lowest BCUT2D eigenvalue weighted by molar-refractivity contribution is 0.0158. The Bertz CT molecular complexity index is 576. The molecular formula is C14H20N4O2. The largest absolute Gasteiger partial charge is 0.394 e. The van der Waals surface area contributed by atoms with Crippen molar-refractivity contribution in [2.24, 2.45) is 0 Å². The molecule has 0 aliphatic carbocycles. The highest BCUT2D eigenvalue weighted by atomic mass is 16.5. The number of fused-ring (bicyclic) bond motifs is 1. The molecule has 6 nitrogen and oxygen atoms in total. The number of anilines is 1. The molecule has 0 spiro atoms. The second-order valence-electron chi connectivity index (χ2n) is 5.15. The van der Waals surface area contributed by atoms with Crippen molar-refractivity contribution in [1.82, 2.24) is 14.6 Å². The second-order valence-corrected chi connectivity index (χ2v) is 5.15. The van der Waals surface area contributed by atoms with Crippen LogP contribution < -0.4 is 4.90 Å². The standard InChI is InChI=1S/C14H20N4O2/c1-11-10-13-14(15-4-7-18(13)16-11)17-5-2-12(3-6-17)20-9-8-19/h4,7,10,12,19H,2-3,5-6,8-9H2,1H3. The van der Waals surface area contributed by atoms with Crippen molar-refractivity contribution in [2.45, 2.75) is 25.9 Å². The average molecular weight is 276 g/mol. The minimum absolute atomic E-state index is 0.0934. The smallest absolute Gasteiger partial charge is 0.154 e. The first kappa shape index (κ1) is 13.3. The Morgan fingerprint density at radius 1 is 1.40 bits per heavy atom. The minimum Gasteiger partial charge on any atom is -0.394 e. The van der Waals surface area contributed by atoms with Gasteiger partial charge in [0.1, 0.15) is 5.52 Å². The molecular weight excluding hydrogens is 256 g/mol. The van der Waals surface area contributed by atoms with Crippen LogP contribution in [0.5, 0.6) is 0 Å². The van der Waals surface area contributed by atoms with Gasteiger partial charge in [0.25, 0.3) is 0 Å². The maximum Gasteiger partial charge on any atom is 0.154 e. The number of aryl methyl sites for hydroxylation is 1. The quantitative estimate of drug-likeness (QED) is 0.903. The normalized spacial score (nSPS) is 17.0. The van der Waals surface area contributed by atoms with E-state index < -0.39 is 0 Å². The van der Waals surface area contributed by atoms with Crippen molar-refractivity contribution < 1.29 is 9.84 Å².